The van der Waals surface area contributed by atoms with Crippen molar-refractivity contribution in [1.29, 1.82) is 0 Å². The van der Waals surface area contributed by atoms with E-state index in [1.54, 1.807) is 0 Å². The standard InChI is InChI=1S/C20H33N3O2.2ClH/c1-3-23(4-2)14-15-25-18-11-7-6-10-17(18)16-22-19(24)20(21)12-8-5-9-13-20;;/h6-7,10-11H,3-5,8-9,12-16,21H2,1-2H3,(H,22,24);2*1H. The fourth-order valence-corrected chi connectivity index (χ4v) is 3.38. The lowest BCUT2D eigenvalue weighted by Crippen LogP contribution is -2.54. The highest BCUT2D eigenvalue weighted by Gasteiger charge is 2.34. The molecule has 156 valence electrons. The highest BCUT2D eigenvalue weighted by Crippen LogP contribution is 2.26. The molecule has 0 aliphatic heterocycles. The Kier molecular flexibility index (Phi) is 12.7. The van der Waals surface area contributed by atoms with Gasteiger partial charge >= 0.3 is 0 Å². The molecule has 27 heavy (non-hydrogen) atoms. The first-order chi connectivity index (χ1) is 12.1. The fourth-order valence-electron chi connectivity index (χ4n) is 3.38. The van der Waals surface area contributed by atoms with Crippen molar-refractivity contribution in [2.24, 2.45) is 5.73 Å². The molecular formula is C20H35Cl2N3O2. The number of nitrogens with zero attached hydrogens (tertiary/aromatic N) is 1. The quantitative estimate of drug-likeness (QED) is 0.642. The lowest BCUT2D eigenvalue weighted by molar-refractivity contribution is -0.127. The van der Waals surface area contributed by atoms with E-state index in [2.05, 4.69) is 24.1 Å². The van der Waals surface area contributed by atoms with Crippen LogP contribution < -0.4 is 15.8 Å². The first-order valence-electron chi connectivity index (χ1n) is 9.59. The molecule has 7 heteroatoms. The summed E-state index contributed by atoms with van der Waals surface area (Å²) in [5.74, 6) is 0.801. The summed E-state index contributed by atoms with van der Waals surface area (Å²) in [6, 6.07) is 7.89. The molecule has 1 aromatic carbocycles. The Balaban J connectivity index is 0.00000338. The highest BCUT2D eigenvalue weighted by molar-refractivity contribution is 5.86. The van der Waals surface area contributed by atoms with Crippen LogP contribution in [0.15, 0.2) is 24.3 Å². The van der Waals surface area contributed by atoms with Crippen LogP contribution in [-0.4, -0.2) is 42.6 Å². The average Bonchev–Trinajstić information content (AvgIpc) is 2.64. The number of rotatable bonds is 9. The van der Waals surface area contributed by atoms with Crippen molar-refractivity contribution in [2.45, 2.75) is 58.0 Å². The molecule has 5 nitrogen and oxygen atoms in total. The van der Waals surface area contributed by atoms with E-state index < -0.39 is 5.54 Å². The Morgan fingerprint density at radius 1 is 1.15 bits per heavy atom. The third-order valence-electron chi connectivity index (χ3n) is 5.17. The van der Waals surface area contributed by atoms with Gasteiger partial charge in [-0.15, -0.1) is 24.8 Å². The van der Waals surface area contributed by atoms with Crippen LogP contribution in [0.2, 0.25) is 0 Å². The van der Waals surface area contributed by atoms with Crippen LogP contribution in [-0.2, 0) is 11.3 Å². The number of hydrogen-bond donors (Lipinski definition) is 2. The lowest BCUT2D eigenvalue weighted by Gasteiger charge is -2.31. The normalized spacial score (nSPS) is 15.4. The van der Waals surface area contributed by atoms with Crippen LogP contribution in [0, 0.1) is 0 Å². The second-order valence-electron chi connectivity index (χ2n) is 6.88. The molecule has 0 radical (unpaired) electrons. The van der Waals surface area contributed by atoms with Crippen LogP contribution in [0.1, 0.15) is 51.5 Å². The lowest BCUT2D eigenvalue weighted by atomic mass is 9.82. The van der Waals surface area contributed by atoms with E-state index in [9.17, 15) is 4.79 Å². The second-order valence-corrected chi connectivity index (χ2v) is 6.88. The number of likely N-dealkylation sites (N-methyl/N-ethyl adjacent to an activating group) is 1. The molecule has 1 aliphatic rings. The number of carbonyl (C=O) groups is 1. The number of benzene rings is 1. The van der Waals surface area contributed by atoms with Gasteiger partial charge in [0.15, 0.2) is 0 Å². The first-order valence-corrected chi connectivity index (χ1v) is 9.59. The number of hydrogen-bond acceptors (Lipinski definition) is 4. The number of nitrogens with two attached hydrogens (primary N) is 1. The minimum atomic E-state index is -0.698. The molecule has 1 aromatic rings. The average molecular weight is 420 g/mol. The summed E-state index contributed by atoms with van der Waals surface area (Å²) >= 11 is 0. The van der Waals surface area contributed by atoms with Crippen molar-refractivity contribution in [3.63, 3.8) is 0 Å². The van der Waals surface area contributed by atoms with Gasteiger partial charge in [-0.3, -0.25) is 4.79 Å². The number of ether oxygens (including phenoxy) is 1. The summed E-state index contributed by atoms with van der Waals surface area (Å²) in [6.07, 6.45) is 4.81. The van der Waals surface area contributed by atoms with Gasteiger partial charge in [-0.25, -0.2) is 0 Å². The Morgan fingerprint density at radius 2 is 1.78 bits per heavy atom. The minimum absolute atomic E-state index is 0. The number of para-hydroxylation sites is 1. The third kappa shape index (κ3) is 7.86. The van der Waals surface area contributed by atoms with Gasteiger partial charge in [0.25, 0.3) is 0 Å². The van der Waals surface area contributed by atoms with Crippen molar-refractivity contribution >= 4 is 30.7 Å². The number of nitrogens with one attached hydrogen (secondary N) is 1. The van der Waals surface area contributed by atoms with Crippen LogP contribution in [0.5, 0.6) is 5.75 Å². The van der Waals surface area contributed by atoms with Gasteiger partial charge < -0.3 is 20.7 Å². The Labute approximate surface area is 176 Å². The molecule has 0 unspecified atom stereocenters. The Bertz CT molecular complexity index is 548. The molecule has 2 rings (SSSR count). The van der Waals surface area contributed by atoms with E-state index in [1.807, 2.05) is 24.3 Å². The second kappa shape index (κ2) is 13.2. The van der Waals surface area contributed by atoms with Gasteiger partial charge in [-0.2, -0.15) is 0 Å². The summed E-state index contributed by atoms with van der Waals surface area (Å²) in [5, 5.41) is 3.02. The Hall–Kier alpha value is -1.01. The molecule has 0 spiro atoms. The van der Waals surface area contributed by atoms with E-state index in [0.717, 1.165) is 56.6 Å². The maximum Gasteiger partial charge on any atom is 0.240 e. The molecular weight excluding hydrogens is 385 g/mol. The maximum atomic E-state index is 12.5. The molecule has 3 N–H and O–H groups in total. The topological polar surface area (TPSA) is 67.6 Å². The van der Waals surface area contributed by atoms with E-state index in [4.69, 9.17) is 10.5 Å². The van der Waals surface area contributed by atoms with Crippen LogP contribution in [0.4, 0.5) is 0 Å². The van der Waals surface area contributed by atoms with Crippen molar-refractivity contribution in [3.8, 4) is 5.75 Å². The van der Waals surface area contributed by atoms with E-state index in [1.165, 1.54) is 6.42 Å². The van der Waals surface area contributed by atoms with E-state index in [-0.39, 0.29) is 30.7 Å². The van der Waals surface area contributed by atoms with Crippen LogP contribution in [0.3, 0.4) is 0 Å². The molecule has 0 aromatic heterocycles. The highest BCUT2D eigenvalue weighted by atomic mass is 35.5. The van der Waals surface area contributed by atoms with Gasteiger partial charge in [0.05, 0.1) is 5.54 Å². The van der Waals surface area contributed by atoms with Crippen LogP contribution >= 0.6 is 24.8 Å². The predicted molar refractivity (Wildman–Crippen MR) is 116 cm³/mol. The zero-order valence-corrected chi connectivity index (χ0v) is 18.2. The summed E-state index contributed by atoms with van der Waals surface area (Å²) in [7, 11) is 0. The number of amides is 1. The first kappa shape index (κ1) is 26.0. The summed E-state index contributed by atoms with van der Waals surface area (Å²) < 4.78 is 5.95. The van der Waals surface area contributed by atoms with Gasteiger partial charge in [0, 0.05) is 18.7 Å². The predicted octanol–water partition coefficient (Wildman–Crippen LogP) is 3.53. The summed E-state index contributed by atoms with van der Waals surface area (Å²) in [4.78, 5) is 14.8. The molecule has 1 aliphatic carbocycles. The van der Waals surface area contributed by atoms with Crippen molar-refractivity contribution < 1.29 is 9.53 Å². The van der Waals surface area contributed by atoms with Gasteiger partial charge in [-0.05, 0) is 32.0 Å². The Morgan fingerprint density at radius 3 is 2.41 bits per heavy atom. The zero-order chi connectivity index (χ0) is 18.1. The van der Waals surface area contributed by atoms with Crippen molar-refractivity contribution in [3.05, 3.63) is 29.8 Å². The molecule has 1 amide bonds. The number of carbonyl (C=O) groups excluding carboxylic acids is 1. The van der Waals surface area contributed by atoms with Crippen molar-refractivity contribution in [2.75, 3.05) is 26.2 Å². The third-order valence-corrected chi connectivity index (χ3v) is 5.17. The summed E-state index contributed by atoms with van der Waals surface area (Å²) in [6.45, 7) is 8.36. The van der Waals surface area contributed by atoms with Gasteiger partial charge in [0.1, 0.15) is 12.4 Å². The fraction of sp³-hybridized carbons (Fsp3) is 0.650. The monoisotopic (exact) mass is 419 g/mol. The molecule has 1 saturated carbocycles. The molecule has 0 heterocycles. The maximum absolute atomic E-state index is 12.5. The number of halogens is 2. The largest absolute Gasteiger partial charge is 0.492 e. The van der Waals surface area contributed by atoms with Crippen molar-refractivity contribution in [1.82, 2.24) is 10.2 Å². The van der Waals surface area contributed by atoms with Gasteiger partial charge in [-0.1, -0.05) is 51.3 Å². The van der Waals surface area contributed by atoms with E-state index >= 15 is 0 Å². The SMILES string of the molecule is CCN(CC)CCOc1ccccc1CNC(=O)C1(N)CCCCC1.Cl.Cl. The molecule has 0 bridgehead atoms. The smallest absolute Gasteiger partial charge is 0.240 e. The molecule has 0 saturated heterocycles. The summed E-state index contributed by atoms with van der Waals surface area (Å²) in [5.41, 5.74) is 6.60. The van der Waals surface area contributed by atoms with E-state index in [0.29, 0.717) is 13.2 Å². The minimum Gasteiger partial charge on any atom is -0.492 e. The van der Waals surface area contributed by atoms with Crippen LogP contribution in [0.25, 0.3) is 0 Å². The zero-order valence-electron chi connectivity index (χ0n) is 16.5. The molecule has 1 fully saturated rings. The molecule has 0 atom stereocenters. The van der Waals surface area contributed by atoms with Gasteiger partial charge in [0.2, 0.25) is 5.91 Å².